The molecule has 0 bridgehead atoms. The summed E-state index contributed by atoms with van der Waals surface area (Å²) < 4.78 is 44.4. The lowest BCUT2D eigenvalue weighted by Crippen LogP contribution is -2.47. The van der Waals surface area contributed by atoms with Gasteiger partial charge in [0, 0.05) is 5.38 Å². The Morgan fingerprint density at radius 1 is 1.26 bits per heavy atom. The standard InChI is InChI=1S/C15H25F3N2OSSi/c1-14(2,3)23(4,5)21-11-8-6-7-10(11)19-13-20-12(9-22-13)15(16,17)18/h9-11H,6-8H2,1-5H3,(H,19,20)/t10-,11-/m1/s1. The third-order valence-corrected chi connectivity index (χ3v) is 10.1. The number of halogens is 3. The molecule has 2 atom stereocenters. The summed E-state index contributed by atoms with van der Waals surface area (Å²) in [7, 11) is -1.89. The van der Waals surface area contributed by atoms with E-state index in [-0.39, 0.29) is 17.2 Å². The zero-order valence-electron chi connectivity index (χ0n) is 14.3. The van der Waals surface area contributed by atoms with Crippen molar-refractivity contribution in [3.8, 4) is 0 Å². The van der Waals surface area contributed by atoms with Crippen molar-refractivity contribution in [3.05, 3.63) is 11.1 Å². The van der Waals surface area contributed by atoms with E-state index in [1.807, 2.05) is 0 Å². The van der Waals surface area contributed by atoms with Crippen LogP contribution < -0.4 is 5.32 Å². The predicted octanol–water partition coefficient (Wildman–Crippen LogP) is 5.52. The topological polar surface area (TPSA) is 34.1 Å². The van der Waals surface area contributed by atoms with Crippen LogP contribution in [0.2, 0.25) is 18.1 Å². The molecule has 1 N–H and O–H groups in total. The first-order valence-electron chi connectivity index (χ1n) is 7.87. The van der Waals surface area contributed by atoms with Gasteiger partial charge in [-0.1, -0.05) is 20.8 Å². The summed E-state index contributed by atoms with van der Waals surface area (Å²) in [6.07, 6.45) is -1.46. The van der Waals surface area contributed by atoms with E-state index >= 15 is 0 Å². The molecule has 0 aliphatic heterocycles. The first-order valence-corrected chi connectivity index (χ1v) is 11.7. The van der Waals surface area contributed by atoms with Crippen molar-refractivity contribution in [3.63, 3.8) is 0 Å². The average molecular weight is 367 g/mol. The summed E-state index contributed by atoms with van der Waals surface area (Å²) in [6.45, 7) is 11.0. The van der Waals surface area contributed by atoms with Gasteiger partial charge in [0.1, 0.15) is 0 Å². The quantitative estimate of drug-likeness (QED) is 0.713. The molecule has 0 aromatic carbocycles. The molecule has 1 aromatic rings. The van der Waals surface area contributed by atoms with Gasteiger partial charge < -0.3 is 9.74 Å². The zero-order chi connectivity index (χ0) is 17.5. The average Bonchev–Trinajstić information content (AvgIpc) is 2.97. The molecule has 0 unspecified atom stereocenters. The fraction of sp³-hybridized carbons (Fsp3) is 0.800. The number of alkyl halides is 3. The second-order valence-electron chi connectivity index (χ2n) is 7.63. The van der Waals surface area contributed by atoms with Crippen LogP contribution in [0.25, 0.3) is 0 Å². The Kier molecular flexibility index (Phi) is 5.18. The number of nitrogens with zero attached hydrogens (tertiary/aromatic N) is 1. The molecule has 0 spiro atoms. The van der Waals surface area contributed by atoms with Crippen molar-refractivity contribution in [2.75, 3.05) is 5.32 Å². The van der Waals surface area contributed by atoms with Crippen LogP contribution in [0.15, 0.2) is 5.38 Å². The molecule has 23 heavy (non-hydrogen) atoms. The van der Waals surface area contributed by atoms with Crippen LogP contribution in [0.1, 0.15) is 45.7 Å². The molecule has 0 amide bonds. The maximum absolute atomic E-state index is 12.6. The third kappa shape index (κ3) is 4.48. The Hall–Kier alpha value is -0.603. The fourth-order valence-corrected chi connectivity index (χ4v) is 4.59. The fourth-order valence-electron chi connectivity index (χ4n) is 2.42. The van der Waals surface area contributed by atoms with Crippen LogP contribution >= 0.6 is 11.3 Å². The number of rotatable bonds is 4. The third-order valence-electron chi connectivity index (χ3n) is 4.81. The minimum Gasteiger partial charge on any atom is -0.412 e. The summed E-state index contributed by atoms with van der Waals surface area (Å²) in [5.74, 6) is 0. The van der Waals surface area contributed by atoms with Crippen LogP contribution in [-0.2, 0) is 10.6 Å². The van der Waals surface area contributed by atoms with E-state index in [0.717, 1.165) is 36.0 Å². The van der Waals surface area contributed by atoms with Crippen molar-refractivity contribution >= 4 is 24.8 Å². The Morgan fingerprint density at radius 2 is 1.91 bits per heavy atom. The summed E-state index contributed by atoms with van der Waals surface area (Å²) >= 11 is 1.00. The summed E-state index contributed by atoms with van der Waals surface area (Å²) in [6, 6.07) is 0.0383. The maximum atomic E-state index is 12.6. The summed E-state index contributed by atoms with van der Waals surface area (Å²) in [5.41, 5.74) is -0.829. The van der Waals surface area contributed by atoms with Gasteiger partial charge in [0.15, 0.2) is 19.1 Å². The Bertz CT molecular complexity index is 540. The largest absolute Gasteiger partial charge is 0.434 e. The number of nitrogens with one attached hydrogen (secondary N) is 1. The molecule has 0 saturated heterocycles. The normalized spacial score (nSPS) is 23.3. The Balaban J connectivity index is 2.04. The van der Waals surface area contributed by atoms with E-state index in [9.17, 15) is 13.2 Å². The molecule has 1 aliphatic rings. The van der Waals surface area contributed by atoms with E-state index < -0.39 is 20.2 Å². The first kappa shape index (κ1) is 18.7. The highest BCUT2D eigenvalue weighted by Crippen LogP contribution is 2.40. The molecular weight excluding hydrogens is 341 g/mol. The molecule has 1 saturated carbocycles. The van der Waals surface area contributed by atoms with E-state index in [2.05, 4.69) is 44.2 Å². The van der Waals surface area contributed by atoms with E-state index in [1.165, 1.54) is 0 Å². The van der Waals surface area contributed by atoms with Gasteiger partial charge in [-0.2, -0.15) is 13.2 Å². The monoisotopic (exact) mass is 366 g/mol. The van der Waals surface area contributed by atoms with Crippen molar-refractivity contribution in [1.82, 2.24) is 4.98 Å². The van der Waals surface area contributed by atoms with Crippen LogP contribution in [-0.4, -0.2) is 25.4 Å². The molecule has 3 nitrogen and oxygen atoms in total. The molecule has 1 aromatic heterocycles. The van der Waals surface area contributed by atoms with Crippen LogP contribution in [0.5, 0.6) is 0 Å². The molecule has 2 rings (SSSR count). The van der Waals surface area contributed by atoms with Gasteiger partial charge >= 0.3 is 6.18 Å². The number of hydrogen-bond donors (Lipinski definition) is 1. The van der Waals surface area contributed by atoms with Gasteiger partial charge in [-0.05, 0) is 37.4 Å². The predicted molar refractivity (Wildman–Crippen MR) is 90.4 cm³/mol. The molecule has 1 heterocycles. The maximum Gasteiger partial charge on any atom is 0.434 e. The second kappa shape index (κ2) is 6.37. The van der Waals surface area contributed by atoms with Gasteiger partial charge in [0.25, 0.3) is 0 Å². The number of thiazole rings is 1. The highest BCUT2D eigenvalue weighted by molar-refractivity contribution is 7.13. The van der Waals surface area contributed by atoms with E-state index in [0.29, 0.717) is 5.13 Å². The van der Waals surface area contributed by atoms with Gasteiger partial charge in [0.2, 0.25) is 0 Å². The zero-order valence-corrected chi connectivity index (χ0v) is 16.1. The van der Waals surface area contributed by atoms with E-state index in [1.54, 1.807) is 0 Å². The minimum atomic E-state index is -4.39. The van der Waals surface area contributed by atoms with Gasteiger partial charge in [0.05, 0.1) is 12.1 Å². The first-order chi connectivity index (χ1) is 10.4. The highest BCUT2D eigenvalue weighted by Gasteiger charge is 2.42. The summed E-state index contributed by atoms with van der Waals surface area (Å²) in [4.78, 5) is 3.66. The van der Waals surface area contributed by atoms with Crippen LogP contribution in [0, 0.1) is 0 Å². The lowest BCUT2D eigenvalue weighted by molar-refractivity contribution is -0.140. The Morgan fingerprint density at radius 3 is 2.43 bits per heavy atom. The van der Waals surface area contributed by atoms with Crippen molar-refractivity contribution < 1.29 is 17.6 Å². The molecule has 1 fully saturated rings. The molecular formula is C15H25F3N2OSSi. The number of anilines is 1. The lowest BCUT2D eigenvalue weighted by Gasteiger charge is -2.40. The SMILES string of the molecule is CC(C)(C)[Si](C)(C)O[C@@H]1CCC[C@H]1Nc1nc(C(F)(F)F)cs1. The minimum absolute atomic E-state index is 0.0383. The van der Waals surface area contributed by atoms with E-state index in [4.69, 9.17) is 4.43 Å². The highest BCUT2D eigenvalue weighted by atomic mass is 32.1. The molecule has 1 aliphatic carbocycles. The second-order valence-corrected chi connectivity index (χ2v) is 13.2. The lowest BCUT2D eigenvalue weighted by atomic mass is 10.2. The van der Waals surface area contributed by atoms with Gasteiger partial charge in [-0.15, -0.1) is 11.3 Å². The van der Waals surface area contributed by atoms with Crippen molar-refractivity contribution in [2.24, 2.45) is 0 Å². The number of aromatic nitrogens is 1. The van der Waals surface area contributed by atoms with Gasteiger partial charge in [-0.25, -0.2) is 4.98 Å². The molecule has 8 heteroatoms. The van der Waals surface area contributed by atoms with Crippen molar-refractivity contribution in [1.29, 1.82) is 0 Å². The van der Waals surface area contributed by atoms with Gasteiger partial charge in [-0.3, -0.25) is 0 Å². The molecule has 0 radical (unpaired) electrons. The number of hydrogen-bond acceptors (Lipinski definition) is 4. The Labute approximate surface area is 140 Å². The van der Waals surface area contributed by atoms with Crippen LogP contribution in [0.3, 0.4) is 0 Å². The van der Waals surface area contributed by atoms with Crippen molar-refractivity contribution in [2.45, 2.75) is 76.5 Å². The molecule has 132 valence electrons. The smallest absolute Gasteiger partial charge is 0.412 e. The summed E-state index contributed by atoms with van der Waals surface area (Å²) in [5, 5.41) is 4.66. The van der Waals surface area contributed by atoms with Crippen LogP contribution in [0.4, 0.5) is 18.3 Å².